The summed E-state index contributed by atoms with van der Waals surface area (Å²) in [5.41, 5.74) is 2.24. The van der Waals surface area contributed by atoms with Crippen LogP contribution in [0.5, 0.6) is 0 Å². The van der Waals surface area contributed by atoms with Crippen LogP contribution in [0.2, 0.25) is 0 Å². The number of carbonyl (C=O) groups is 1. The maximum Gasteiger partial charge on any atom is 0.236 e. The standard InChI is InChI=1S/C15H16N6OS2/c1-3-11-6-4-5-7-12(11)21-9-16-20-15(21)23-8-13(22)17-14-19-18-10(2)24-14/h4-7,9H,3,8H2,1-2H3,(H,17,19,22). The first kappa shape index (κ1) is 16.6. The number of nitrogens with one attached hydrogen (secondary N) is 1. The molecule has 0 spiro atoms. The highest BCUT2D eigenvalue weighted by Crippen LogP contribution is 2.23. The highest BCUT2D eigenvalue weighted by atomic mass is 32.2. The maximum absolute atomic E-state index is 12.0. The Kier molecular flexibility index (Phi) is 5.21. The topological polar surface area (TPSA) is 85.6 Å². The number of rotatable bonds is 6. The lowest BCUT2D eigenvalue weighted by atomic mass is 10.1. The van der Waals surface area contributed by atoms with Crippen LogP contribution < -0.4 is 5.32 Å². The first-order valence-electron chi connectivity index (χ1n) is 7.38. The molecule has 0 aliphatic heterocycles. The second-order valence-electron chi connectivity index (χ2n) is 4.93. The van der Waals surface area contributed by atoms with E-state index in [2.05, 4.69) is 38.7 Å². The largest absolute Gasteiger partial charge is 0.300 e. The second-order valence-corrected chi connectivity index (χ2v) is 7.05. The van der Waals surface area contributed by atoms with E-state index in [-0.39, 0.29) is 11.7 Å². The van der Waals surface area contributed by atoms with Gasteiger partial charge in [0.2, 0.25) is 11.0 Å². The fourth-order valence-corrected chi connectivity index (χ4v) is 3.50. The normalized spacial score (nSPS) is 10.8. The van der Waals surface area contributed by atoms with Gasteiger partial charge in [0.05, 0.1) is 11.4 Å². The third-order valence-corrected chi connectivity index (χ3v) is 4.95. The number of para-hydroxylation sites is 1. The van der Waals surface area contributed by atoms with Crippen molar-refractivity contribution < 1.29 is 4.79 Å². The SMILES string of the molecule is CCc1ccccc1-n1cnnc1SCC(=O)Nc1nnc(C)s1. The molecule has 7 nitrogen and oxygen atoms in total. The molecule has 2 heterocycles. The number of hydrogen-bond donors (Lipinski definition) is 1. The summed E-state index contributed by atoms with van der Waals surface area (Å²) in [6.07, 6.45) is 2.58. The van der Waals surface area contributed by atoms with E-state index in [1.807, 2.05) is 29.7 Å². The molecule has 0 aliphatic carbocycles. The van der Waals surface area contributed by atoms with E-state index in [1.54, 1.807) is 6.33 Å². The zero-order chi connectivity index (χ0) is 16.9. The molecule has 1 amide bonds. The van der Waals surface area contributed by atoms with Crippen molar-refractivity contribution >= 4 is 34.1 Å². The van der Waals surface area contributed by atoms with E-state index < -0.39 is 0 Å². The Morgan fingerprint density at radius 2 is 2.12 bits per heavy atom. The van der Waals surface area contributed by atoms with Gasteiger partial charge in [-0.15, -0.1) is 20.4 Å². The van der Waals surface area contributed by atoms with Gasteiger partial charge in [-0.1, -0.05) is 48.2 Å². The number of amides is 1. The lowest BCUT2D eigenvalue weighted by Crippen LogP contribution is -2.14. The number of anilines is 1. The number of benzene rings is 1. The summed E-state index contributed by atoms with van der Waals surface area (Å²) < 4.78 is 1.91. The zero-order valence-electron chi connectivity index (χ0n) is 13.3. The van der Waals surface area contributed by atoms with Gasteiger partial charge in [-0.05, 0) is 25.0 Å². The molecule has 0 fully saturated rings. The van der Waals surface area contributed by atoms with Crippen molar-refractivity contribution in [2.75, 3.05) is 11.1 Å². The summed E-state index contributed by atoms with van der Waals surface area (Å²) in [5, 5.41) is 20.6. The Morgan fingerprint density at radius 1 is 1.29 bits per heavy atom. The van der Waals surface area contributed by atoms with Gasteiger partial charge in [-0.2, -0.15) is 0 Å². The number of nitrogens with zero attached hydrogens (tertiary/aromatic N) is 5. The quantitative estimate of drug-likeness (QED) is 0.680. The number of aromatic nitrogens is 5. The Morgan fingerprint density at radius 3 is 2.88 bits per heavy atom. The average molecular weight is 360 g/mol. The van der Waals surface area contributed by atoms with Gasteiger partial charge in [0, 0.05) is 0 Å². The molecule has 3 aromatic rings. The summed E-state index contributed by atoms with van der Waals surface area (Å²) in [7, 11) is 0. The summed E-state index contributed by atoms with van der Waals surface area (Å²) in [6.45, 7) is 3.95. The summed E-state index contributed by atoms with van der Waals surface area (Å²) in [6, 6.07) is 8.09. The summed E-state index contributed by atoms with van der Waals surface area (Å²) in [4.78, 5) is 12.0. The van der Waals surface area contributed by atoms with Crippen LogP contribution in [0.1, 0.15) is 17.5 Å². The number of hydrogen-bond acceptors (Lipinski definition) is 7. The van der Waals surface area contributed by atoms with E-state index in [0.29, 0.717) is 10.3 Å². The molecule has 24 heavy (non-hydrogen) atoms. The van der Waals surface area contributed by atoms with Gasteiger partial charge in [0.25, 0.3) is 0 Å². The maximum atomic E-state index is 12.0. The van der Waals surface area contributed by atoms with Crippen LogP contribution in [0.15, 0.2) is 35.7 Å². The average Bonchev–Trinajstić information content (AvgIpc) is 3.21. The van der Waals surface area contributed by atoms with Crippen molar-refractivity contribution in [2.45, 2.75) is 25.4 Å². The van der Waals surface area contributed by atoms with Crippen LogP contribution in [0, 0.1) is 6.92 Å². The van der Waals surface area contributed by atoms with Crippen molar-refractivity contribution in [1.82, 2.24) is 25.0 Å². The summed E-state index contributed by atoms with van der Waals surface area (Å²) >= 11 is 2.68. The van der Waals surface area contributed by atoms with Crippen LogP contribution in [0.25, 0.3) is 5.69 Å². The number of thioether (sulfide) groups is 1. The number of aryl methyl sites for hydroxylation is 2. The summed E-state index contributed by atoms with van der Waals surface area (Å²) in [5.74, 6) is 0.0838. The Labute approximate surface area is 147 Å². The molecule has 124 valence electrons. The molecule has 0 bridgehead atoms. The molecule has 1 aromatic carbocycles. The molecule has 0 aliphatic rings. The van der Waals surface area contributed by atoms with Crippen LogP contribution in [-0.2, 0) is 11.2 Å². The Bertz CT molecular complexity index is 844. The van der Waals surface area contributed by atoms with Crippen LogP contribution in [-0.4, -0.2) is 36.6 Å². The van der Waals surface area contributed by atoms with Crippen molar-refractivity contribution in [2.24, 2.45) is 0 Å². The Hall–Kier alpha value is -2.26. The van der Waals surface area contributed by atoms with E-state index in [9.17, 15) is 4.79 Å². The van der Waals surface area contributed by atoms with Crippen LogP contribution in [0.4, 0.5) is 5.13 Å². The van der Waals surface area contributed by atoms with Gasteiger partial charge in [-0.3, -0.25) is 14.7 Å². The molecule has 3 rings (SSSR count). The molecule has 0 saturated heterocycles. The van der Waals surface area contributed by atoms with E-state index in [0.717, 1.165) is 17.1 Å². The molecular formula is C15H16N6OS2. The first-order valence-corrected chi connectivity index (χ1v) is 9.18. The molecule has 1 N–H and O–H groups in total. The van der Waals surface area contributed by atoms with Gasteiger partial charge in [0.1, 0.15) is 11.3 Å². The van der Waals surface area contributed by atoms with Crippen molar-refractivity contribution in [1.29, 1.82) is 0 Å². The smallest absolute Gasteiger partial charge is 0.236 e. The highest BCUT2D eigenvalue weighted by molar-refractivity contribution is 7.99. The minimum atomic E-state index is -0.144. The van der Waals surface area contributed by atoms with E-state index >= 15 is 0 Å². The van der Waals surface area contributed by atoms with Gasteiger partial charge >= 0.3 is 0 Å². The van der Waals surface area contributed by atoms with Gasteiger partial charge in [0.15, 0.2) is 5.16 Å². The lowest BCUT2D eigenvalue weighted by Gasteiger charge is -2.10. The Balaban J connectivity index is 1.68. The zero-order valence-corrected chi connectivity index (χ0v) is 14.9. The van der Waals surface area contributed by atoms with Gasteiger partial charge < -0.3 is 0 Å². The predicted molar refractivity (Wildman–Crippen MR) is 94.7 cm³/mol. The van der Waals surface area contributed by atoms with Gasteiger partial charge in [-0.25, -0.2) is 0 Å². The molecule has 9 heteroatoms. The van der Waals surface area contributed by atoms with Crippen molar-refractivity contribution in [3.63, 3.8) is 0 Å². The van der Waals surface area contributed by atoms with E-state index in [4.69, 9.17) is 0 Å². The minimum absolute atomic E-state index is 0.144. The van der Waals surface area contributed by atoms with Crippen LogP contribution >= 0.6 is 23.1 Å². The van der Waals surface area contributed by atoms with Crippen molar-refractivity contribution in [3.8, 4) is 5.69 Å². The van der Waals surface area contributed by atoms with Crippen LogP contribution in [0.3, 0.4) is 0 Å². The third-order valence-electron chi connectivity index (χ3n) is 3.25. The molecule has 0 radical (unpaired) electrons. The fourth-order valence-electron chi connectivity index (χ4n) is 2.17. The third kappa shape index (κ3) is 3.80. The predicted octanol–water partition coefficient (Wildman–Crippen LogP) is 2.72. The lowest BCUT2D eigenvalue weighted by molar-refractivity contribution is -0.113. The van der Waals surface area contributed by atoms with Crippen molar-refractivity contribution in [3.05, 3.63) is 41.2 Å². The minimum Gasteiger partial charge on any atom is -0.300 e. The molecule has 0 unspecified atom stereocenters. The monoisotopic (exact) mass is 360 g/mol. The van der Waals surface area contributed by atoms with E-state index in [1.165, 1.54) is 28.7 Å². The molecule has 0 atom stereocenters. The fraction of sp³-hybridized carbons (Fsp3) is 0.267. The molecule has 2 aromatic heterocycles. The number of carbonyl (C=O) groups excluding carboxylic acids is 1. The second kappa shape index (κ2) is 7.54. The highest BCUT2D eigenvalue weighted by Gasteiger charge is 2.13. The molecule has 0 saturated carbocycles. The first-order chi connectivity index (χ1) is 11.7. The molecular weight excluding hydrogens is 344 g/mol.